The molecule has 1 heterocycles. The summed E-state index contributed by atoms with van der Waals surface area (Å²) in [6, 6.07) is -0.0550. The van der Waals surface area contributed by atoms with Crippen LogP contribution in [0.2, 0.25) is 0 Å². The molecule has 0 spiro atoms. The van der Waals surface area contributed by atoms with Gasteiger partial charge in [-0.15, -0.1) is 0 Å². The average molecular weight is 256 g/mol. The number of rotatable bonds is 4. The molecule has 0 aromatic heterocycles. The summed E-state index contributed by atoms with van der Waals surface area (Å²) in [6.45, 7) is 7.51. The van der Waals surface area contributed by atoms with E-state index in [0.717, 1.165) is 13.0 Å². The Morgan fingerprint density at radius 3 is 2.50 bits per heavy atom. The molecule has 18 heavy (non-hydrogen) atoms. The van der Waals surface area contributed by atoms with Crippen molar-refractivity contribution < 1.29 is 14.7 Å². The predicted octanol–water partition coefficient (Wildman–Crippen LogP) is 1.88. The van der Waals surface area contributed by atoms with Crippen molar-refractivity contribution in [1.82, 2.24) is 9.80 Å². The molecule has 1 fully saturated rings. The lowest BCUT2D eigenvalue weighted by atomic mass is 9.90. The highest BCUT2D eigenvalue weighted by Gasteiger charge is 2.42. The quantitative estimate of drug-likeness (QED) is 0.835. The second-order valence-corrected chi connectivity index (χ2v) is 5.92. The molecule has 5 nitrogen and oxygen atoms in total. The number of nitrogens with zero attached hydrogens (tertiary/aromatic N) is 2. The highest BCUT2D eigenvalue weighted by Crippen LogP contribution is 2.30. The molecule has 1 rings (SSSR count). The van der Waals surface area contributed by atoms with E-state index in [0.29, 0.717) is 25.4 Å². The predicted molar refractivity (Wildman–Crippen MR) is 69.4 cm³/mol. The maximum absolute atomic E-state index is 12.1. The molecular weight excluding hydrogens is 232 g/mol. The first-order chi connectivity index (χ1) is 8.26. The first kappa shape index (κ1) is 14.8. The number of carboxylic acids is 1. The molecule has 0 aromatic rings. The number of hydrogen-bond acceptors (Lipinski definition) is 2. The monoisotopic (exact) mass is 256 g/mol. The normalized spacial score (nSPS) is 23.5. The van der Waals surface area contributed by atoms with Crippen molar-refractivity contribution in [3.05, 3.63) is 0 Å². The number of hydrogen-bond donors (Lipinski definition) is 1. The molecule has 1 aliphatic rings. The van der Waals surface area contributed by atoms with Crippen LogP contribution >= 0.6 is 0 Å². The van der Waals surface area contributed by atoms with Gasteiger partial charge in [-0.3, -0.25) is 4.79 Å². The number of urea groups is 1. The van der Waals surface area contributed by atoms with E-state index in [9.17, 15) is 9.59 Å². The van der Waals surface area contributed by atoms with Crippen LogP contribution in [0.3, 0.4) is 0 Å². The van der Waals surface area contributed by atoms with Gasteiger partial charge in [0.2, 0.25) is 0 Å². The minimum Gasteiger partial charge on any atom is -0.481 e. The number of amides is 2. The highest BCUT2D eigenvalue weighted by molar-refractivity contribution is 5.79. The lowest BCUT2D eigenvalue weighted by molar-refractivity contribution is -0.147. The van der Waals surface area contributed by atoms with Gasteiger partial charge in [0.25, 0.3) is 0 Å². The van der Waals surface area contributed by atoms with Crippen LogP contribution in [0.1, 0.15) is 33.6 Å². The van der Waals surface area contributed by atoms with Crippen LogP contribution in [0.5, 0.6) is 0 Å². The van der Waals surface area contributed by atoms with E-state index in [1.165, 1.54) is 0 Å². The first-order valence-electron chi connectivity index (χ1n) is 6.50. The molecule has 0 saturated carbocycles. The fraction of sp³-hybridized carbons (Fsp3) is 0.846. The Balaban J connectivity index is 2.52. The van der Waals surface area contributed by atoms with E-state index >= 15 is 0 Å². The molecule has 1 atom stereocenters. The lowest BCUT2D eigenvalue weighted by Gasteiger charge is -2.26. The van der Waals surface area contributed by atoms with Crippen LogP contribution in [-0.2, 0) is 4.79 Å². The van der Waals surface area contributed by atoms with Crippen molar-refractivity contribution >= 4 is 12.0 Å². The molecule has 2 amide bonds. The highest BCUT2D eigenvalue weighted by atomic mass is 16.4. The average Bonchev–Trinajstić information content (AvgIpc) is 2.69. The Morgan fingerprint density at radius 1 is 1.44 bits per heavy atom. The molecule has 0 radical (unpaired) electrons. The minimum atomic E-state index is -0.817. The number of carbonyl (C=O) groups is 2. The van der Waals surface area contributed by atoms with Gasteiger partial charge in [0.05, 0.1) is 5.41 Å². The maximum Gasteiger partial charge on any atom is 0.319 e. The summed E-state index contributed by atoms with van der Waals surface area (Å²) < 4.78 is 0. The van der Waals surface area contributed by atoms with E-state index in [-0.39, 0.29) is 6.03 Å². The molecule has 0 aromatic carbocycles. The van der Waals surface area contributed by atoms with Crippen LogP contribution in [0, 0.1) is 11.3 Å². The number of carboxylic acid groups (broad SMARTS) is 1. The second-order valence-electron chi connectivity index (χ2n) is 5.92. The molecule has 1 N–H and O–H groups in total. The van der Waals surface area contributed by atoms with Gasteiger partial charge in [-0.25, -0.2) is 4.79 Å². The molecule has 1 saturated heterocycles. The van der Waals surface area contributed by atoms with Crippen LogP contribution < -0.4 is 0 Å². The molecule has 1 aliphatic heterocycles. The third-order valence-corrected chi connectivity index (χ3v) is 3.63. The van der Waals surface area contributed by atoms with Crippen molar-refractivity contribution in [1.29, 1.82) is 0 Å². The molecule has 0 bridgehead atoms. The van der Waals surface area contributed by atoms with Crippen LogP contribution in [0.25, 0.3) is 0 Å². The fourth-order valence-electron chi connectivity index (χ4n) is 2.09. The second kappa shape index (κ2) is 5.59. The van der Waals surface area contributed by atoms with Gasteiger partial charge in [0.15, 0.2) is 0 Å². The molecule has 1 unspecified atom stereocenters. The van der Waals surface area contributed by atoms with E-state index in [2.05, 4.69) is 13.8 Å². The van der Waals surface area contributed by atoms with Crippen LogP contribution in [0.15, 0.2) is 0 Å². The standard InChI is InChI=1S/C13H24N2O3/c1-10(2)5-7-14(4)12(18)15-8-6-13(3,9-15)11(16)17/h10H,5-9H2,1-4H3,(H,16,17). The lowest BCUT2D eigenvalue weighted by Crippen LogP contribution is -2.42. The Labute approximate surface area is 109 Å². The zero-order valence-electron chi connectivity index (χ0n) is 11.8. The van der Waals surface area contributed by atoms with Crippen LogP contribution in [-0.4, -0.2) is 53.6 Å². The zero-order chi connectivity index (χ0) is 13.9. The fourth-order valence-corrected chi connectivity index (χ4v) is 2.09. The van der Waals surface area contributed by atoms with Crippen molar-refractivity contribution in [3.63, 3.8) is 0 Å². The van der Waals surface area contributed by atoms with Crippen molar-refractivity contribution in [2.45, 2.75) is 33.6 Å². The number of likely N-dealkylation sites (tertiary alicyclic amines) is 1. The molecule has 104 valence electrons. The van der Waals surface area contributed by atoms with Gasteiger partial charge in [-0.05, 0) is 25.7 Å². The minimum absolute atomic E-state index is 0.0550. The summed E-state index contributed by atoms with van der Waals surface area (Å²) in [6.07, 6.45) is 1.50. The van der Waals surface area contributed by atoms with E-state index in [4.69, 9.17) is 5.11 Å². The summed E-state index contributed by atoms with van der Waals surface area (Å²) in [5.74, 6) is -0.259. The number of aliphatic carboxylic acids is 1. The smallest absolute Gasteiger partial charge is 0.319 e. The summed E-state index contributed by atoms with van der Waals surface area (Å²) in [5, 5.41) is 9.14. The van der Waals surface area contributed by atoms with E-state index < -0.39 is 11.4 Å². The van der Waals surface area contributed by atoms with Gasteiger partial charge in [-0.2, -0.15) is 0 Å². The Bertz CT molecular complexity index is 330. The van der Waals surface area contributed by atoms with E-state index in [1.807, 2.05) is 0 Å². The molecular formula is C13H24N2O3. The SMILES string of the molecule is CC(C)CCN(C)C(=O)N1CCC(C)(C(=O)O)C1. The van der Waals surface area contributed by atoms with Gasteiger partial charge in [-0.1, -0.05) is 13.8 Å². The maximum atomic E-state index is 12.1. The van der Waals surface area contributed by atoms with Gasteiger partial charge >= 0.3 is 12.0 Å². The third kappa shape index (κ3) is 3.37. The van der Waals surface area contributed by atoms with Crippen molar-refractivity contribution in [3.8, 4) is 0 Å². The van der Waals surface area contributed by atoms with Gasteiger partial charge in [0, 0.05) is 26.7 Å². The topological polar surface area (TPSA) is 60.9 Å². The Hall–Kier alpha value is -1.26. The Morgan fingerprint density at radius 2 is 2.06 bits per heavy atom. The Kier molecular flexibility index (Phi) is 4.59. The van der Waals surface area contributed by atoms with Crippen LogP contribution in [0.4, 0.5) is 4.79 Å². The summed E-state index contributed by atoms with van der Waals surface area (Å²) >= 11 is 0. The third-order valence-electron chi connectivity index (χ3n) is 3.63. The van der Waals surface area contributed by atoms with Gasteiger partial charge in [0.1, 0.15) is 0 Å². The number of carbonyl (C=O) groups excluding carboxylic acids is 1. The van der Waals surface area contributed by atoms with Crippen molar-refractivity contribution in [2.24, 2.45) is 11.3 Å². The summed E-state index contributed by atoms with van der Waals surface area (Å²) in [5.41, 5.74) is -0.783. The molecule has 5 heteroatoms. The van der Waals surface area contributed by atoms with Crippen molar-refractivity contribution in [2.75, 3.05) is 26.7 Å². The first-order valence-corrected chi connectivity index (χ1v) is 6.50. The van der Waals surface area contributed by atoms with Gasteiger partial charge < -0.3 is 14.9 Å². The summed E-state index contributed by atoms with van der Waals surface area (Å²) in [4.78, 5) is 26.6. The molecule has 0 aliphatic carbocycles. The largest absolute Gasteiger partial charge is 0.481 e. The summed E-state index contributed by atoms with van der Waals surface area (Å²) in [7, 11) is 1.78. The van der Waals surface area contributed by atoms with E-state index in [1.54, 1.807) is 23.8 Å². The zero-order valence-corrected chi connectivity index (χ0v) is 11.8.